The van der Waals surface area contributed by atoms with Crippen LogP contribution in [-0.2, 0) is 0 Å². The SMILES string of the molecule is CN=C(NCC(C)c1ccc(C)cc1)N1CCC(CN2CCCCC2)C1.I. The lowest BCUT2D eigenvalue weighted by Gasteiger charge is -2.29. The molecule has 3 rings (SSSR count). The molecule has 1 N–H and O–H groups in total. The summed E-state index contributed by atoms with van der Waals surface area (Å²) < 4.78 is 0. The Kier molecular flexibility index (Phi) is 9.36. The molecule has 2 aliphatic rings. The second-order valence-electron chi connectivity index (χ2n) is 8.20. The first-order chi connectivity index (χ1) is 12.7. The molecule has 0 spiro atoms. The van der Waals surface area contributed by atoms with Gasteiger partial charge < -0.3 is 15.1 Å². The number of rotatable bonds is 5. The molecule has 0 radical (unpaired) electrons. The van der Waals surface area contributed by atoms with Crippen molar-refractivity contribution in [2.45, 2.75) is 45.4 Å². The highest BCUT2D eigenvalue weighted by molar-refractivity contribution is 14.0. The minimum absolute atomic E-state index is 0. The Labute approximate surface area is 182 Å². The van der Waals surface area contributed by atoms with Crippen molar-refractivity contribution in [3.8, 4) is 0 Å². The van der Waals surface area contributed by atoms with Crippen LogP contribution in [0.2, 0.25) is 0 Å². The van der Waals surface area contributed by atoms with Crippen molar-refractivity contribution in [2.24, 2.45) is 10.9 Å². The van der Waals surface area contributed by atoms with E-state index in [1.807, 2.05) is 7.05 Å². The van der Waals surface area contributed by atoms with E-state index in [1.54, 1.807) is 0 Å². The molecule has 2 fully saturated rings. The first kappa shape index (κ1) is 22.5. The number of likely N-dealkylation sites (tertiary alicyclic amines) is 2. The molecule has 2 unspecified atom stereocenters. The number of aliphatic imine (C=N–C) groups is 1. The lowest BCUT2D eigenvalue weighted by atomic mass is 10.0. The van der Waals surface area contributed by atoms with E-state index >= 15 is 0 Å². The van der Waals surface area contributed by atoms with Crippen molar-refractivity contribution in [3.63, 3.8) is 0 Å². The van der Waals surface area contributed by atoms with Crippen LogP contribution in [0.25, 0.3) is 0 Å². The van der Waals surface area contributed by atoms with Gasteiger partial charge >= 0.3 is 0 Å². The van der Waals surface area contributed by atoms with Crippen molar-refractivity contribution in [3.05, 3.63) is 35.4 Å². The molecule has 0 amide bonds. The van der Waals surface area contributed by atoms with Gasteiger partial charge in [0.1, 0.15) is 0 Å². The third kappa shape index (κ3) is 6.63. The minimum Gasteiger partial charge on any atom is -0.356 e. The van der Waals surface area contributed by atoms with Crippen LogP contribution in [0.15, 0.2) is 29.3 Å². The van der Waals surface area contributed by atoms with E-state index in [0.717, 1.165) is 31.5 Å². The van der Waals surface area contributed by atoms with E-state index in [2.05, 4.69) is 58.2 Å². The van der Waals surface area contributed by atoms with Crippen molar-refractivity contribution in [1.29, 1.82) is 0 Å². The number of hydrogen-bond acceptors (Lipinski definition) is 2. The Bertz CT molecular complexity index is 580. The maximum absolute atomic E-state index is 4.55. The summed E-state index contributed by atoms with van der Waals surface area (Å²) in [6.45, 7) is 11.5. The van der Waals surface area contributed by atoms with Gasteiger partial charge in [-0.1, -0.05) is 43.2 Å². The molecule has 2 aliphatic heterocycles. The second kappa shape index (κ2) is 11.2. The van der Waals surface area contributed by atoms with Gasteiger partial charge in [-0.15, -0.1) is 24.0 Å². The van der Waals surface area contributed by atoms with Gasteiger partial charge in [0.15, 0.2) is 5.96 Å². The lowest BCUT2D eigenvalue weighted by Crippen LogP contribution is -2.42. The van der Waals surface area contributed by atoms with Crippen LogP contribution >= 0.6 is 24.0 Å². The Morgan fingerprint density at radius 2 is 1.85 bits per heavy atom. The summed E-state index contributed by atoms with van der Waals surface area (Å²) in [6.07, 6.45) is 5.49. The van der Waals surface area contributed by atoms with Gasteiger partial charge in [0, 0.05) is 33.2 Å². The highest BCUT2D eigenvalue weighted by Crippen LogP contribution is 2.20. The third-order valence-corrected chi connectivity index (χ3v) is 5.98. The van der Waals surface area contributed by atoms with Crippen molar-refractivity contribution < 1.29 is 0 Å². The van der Waals surface area contributed by atoms with E-state index in [0.29, 0.717) is 5.92 Å². The van der Waals surface area contributed by atoms with Crippen LogP contribution in [0.5, 0.6) is 0 Å². The van der Waals surface area contributed by atoms with E-state index < -0.39 is 0 Å². The standard InChI is InChI=1S/C22H36N4.HI/c1-18-7-9-21(10-8-18)19(2)15-24-22(23-3)26-14-11-20(17-26)16-25-12-5-4-6-13-25;/h7-10,19-20H,4-6,11-17H2,1-3H3,(H,23,24);1H. The summed E-state index contributed by atoms with van der Waals surface area (Å²) >= 11 is 0. The maximum Gasteiger partial charge on any atom is 0.193 e. The number of piperidine rings is 1. The number of nitrogens with zero attached hydrogens (tertiary/aromatic N) is 3. The minimum atomic E-state index is 0. The smallest absolute Gasteiger partial charge is 0.193 e. The molecule has 0 aliphatic carbocycles. The van der Waals surface area contributed by atoms with E-state index in [1.165, 1.54) is 56.4 Å². The molecule has 2 saturated heterocycles. The molecule has 0 saturated carbocycles. The monoisotopic (exact) mass is 484 g/mol. The Balaban J connectivity index is 0.00000261. The van der Waals surface area contributed by atoms with Gasteiger partial charge in [-0.05, 0) is 56.7 Å². The molecule has 1 aromatic carbocycles. The number of nitrogens with one attached hydrogen (secondary N) is 1. The number of halogens is 1. The Morgan fingerprint density at radius 1 is 1.15 bits per heavy atom. The number of aryl methyl sites for hydroxylation is 1. The molecule has 2 atom stereocenters. The van der Waals surface area contributed by atoms with Crippen LogP contribution in [0.3, 0.4) is 0 Å². The lowest BCUT2D eigenvalue weighted by molar-refractivity contribution is 0.198. The fourth-order valence-electron chi connectivity index (χ4n) is 4.27. The van der Waals surface area contributed by atoms with Crippen LogP contribution in [0.1, 0.15) is 49.7 Å². The zero-order valence-electron chi connectivity index (χ0n) is 17.3. The summed E-state index contributed by atoms with van der Waals surface area (Å²) in [6, 6.07) is 8.89. The van der Waals surface area contributed by atoms with E-state index in [9.17, 15) is 0 Å². The van der Waals surface area contributed by atoms with Gasteiger partial charge in [-0.25, -0.2) is 0 Å². The van der Waals surface area contributed by atoms with Gasteiger partial charge in [0.2, 0.25) is 0 Å². The maximum atomic E-state index is 4.55. The molecule has 0 aromatic heterocycles. The predicted molar refractivity (Wildman–Crippen MR) is 126 cm³/mol. The largest absolute Gasteiger partial charge is 0.356 e. The molecule has 4 nitrogen and oxygen atoms in total. The Hall–Kier alpha value is -0.820. The Morgan fingerprint density at radius 3 is 2.52 bits per heavy atom. The van der Waals surface area contributed by atoms with Crippen LogP contribution in [-0.4, -0.2) is 62.1 Å². The second-order valence-corrected chi connectivity index (χ2v) is 8.20. The van der Waals surface area contributed by atoms with Gasteiger partial charge in [0.25, 0.3) is 0 Å². The summed E-state index contributed by atoms with van der Waals surface area (Å²) in [5, 5.41) is 3.61. The van der Waals surface area contributed by atoms with Gasteiger partial charge in [0.05, 0.1) is 0 Å². The molecular weight excluding hydrogens is 447 g/mol. The van der Waals surface area contributed by atoms with Crippen LogP contribution < -0.4 is 5.32 Å². The number of guanidine groups is 1. The average molecular weight is 484 g/mol. The average Bonchev–Trinajstić information content (AvgIpc) is 3.12. The molecule has 27 heavy (non-hydrogen) atoms. The van der Waals surface area contributed by atoms with Gasteiger partial charge in [-0.2, -0.15) is 0 Å². The summed E-state index contributed by atoms with van der Waals surface area (Å²) in [5.41, 5.74) is 2.71. The quantitative estimate of drug-likeness (QED) is 0.388. The van der Waals surface area contributed by atoms with Crippen LogP contribution in [0, 0.1) is 12.8 Å². The van der Waals surface area contributed by atoms with E-state index in [4.69, 9.17) is 0 Å². The van der Waals surface area contributed by atoms with E-state index in [-0.39, 0.29) is 24.0 Å². The molecule has 1 aromatic rings. The molecule has 5 heteroatoms. The zero-order valence-corrected chi connectivity index (χ0v) is 19.6. The van der Waals surface area contributed by atoms with Crippen molar-refractivity contribution in [1.82, 2.24) is 15.1 Å². The summed E-state index contributed by atoms with van der Waals surface area (Å²) in [5.74, 6) is 2.35. The third-order valence-electron chi connectivity index (χ3n) is 5.98. The topological polar surface area (TPSA) is 30.9 Å². The first-order valence-electron chi connectivity index (χ1n) is 10.4. The van der Waals surface area contributed by atoms with Crippen LogP contribution in [0.4, 0.5) is 0 Å². The number of hydrogen-bond donors (Lipinski definition) is 1. The fraction of sp³-hybridized carbons (Fsp3) is 0.682. The number of benzene rings is 1. The molecule has 0 bridgehead atoms. The molecular formula is C22H37IN4. The van der Waals surface area contributed by atoms with Crippen molar-refractivity contribution in [2.75, 3.05) is 46.3 Å². The summed E-state index contributed by atoms with van der Waals surface area (Å²) in [4.78, 5) is 9.68. The molecule has 152 valence electrons. The normalized spacial score (nSPS) is 22.4. The highest BCUT2D eigenvalue weighted by Gasteiger charge is 2.27. The van der Waals surface area contributed by atoms with Gasteiger partial charge in [-0.3, -0.25) is 4.99 Å². The highest BCUT2D eigenvalue weighted by atomic mass is 127. The molecule has 2 heterocycles. The predicted octanol–water partition coefficient (Wildman–Crippen LogP) is 4.10. The zero-order chi connectivity index (χ0) is 18.4. The summed E-state index contributed by atoms with van der Waals surface area (Å²) in [7, 11) is 1.91. The van der Waals surface area contributed by atoms with Crippen molar-refractivity contribution >= 4 is 29.9 Å². The first-order valence-corrected chi connectivity index (χ1v) is 10.4. The fourth-order valence-corrected chi connectivity index (χ4v) is 4.27.